The van der Waals surface area contributed by atoms with Crippen molar-refractivity contribution in [2.24, 2.45) is 0 Å². The molecule has 2 heterocycles. The van der Waals surface area contributed by atoms with Gasteiger partial charge in [0.1, 0.15) is 10.7 Å². The van der Waals surface area contributed by atoms with Crippen molar-refractivity contribution in [2.45, 2.75) is 24.3 Å². The highest BCUT2D eigenvalue weighted by Crippen LogP contribution is 2.36. The van der Waals surface area contributed by atoms with Gasteiger partial charge in [0.15, 0.2) is 17.3 Å². The maximum Gasteiger partial charge on any atom is 0.263 e. The normalized spacial score (nSPS) is 13.2. The van der Waals surface area contributed by atoms with E-state index in [2.05, 4.69) is 35.4 Å². The lowest BCUT2D eigenvalue weighted by Crippen LogP contribution is -2.14. The van der Waals surface area contributed by atoms with Gasteiger partial charge in [-0.05, 0) is 40.5 Å². The highest BCUT2D eigenvalue weighted by Gasteiger charge is 2.23. The van der Waals surface area contributed by atoms with E-state index in [0.717, 1.165) is 36.6 Å². The highest BCUT2D eigenvalue weighted by molar-refractivity contribution is 9.10. The molecule has 1 aromatic heterocycles. The Morgan fingerprint density at radius 1 is 1.10 bits per heavy atom. The number of halogens is 1. The SMILES string of the molecule is COc1cc(Br)c(S(=O)(=O)Nc2cccc(-c3nnc4n3CCC4)c2)cc1OC. The van der Waals surface area contributed by atoms with Crippen LogP contribution in [-0.4, -0.2) is 37.4 Å². The molecule has 0 saturated heterocycles. The number of hydrogen-bond donors (Lipinski definition) is 1. The largest absolute Gasteiger partial charge is 0.493 e. The lowest BCUT2D eigenvalue weighted by molar-refractivity contribution is 0.353. The summed E-state index contributed by atoms with van der Waals surface area (Å²) in [5.41, 5.74) is 1.23. The van der Waals surface area contributed by atoms with Gasteiger partial charge >= 0.3 is 0 Å². The van der Waals surface area contributed by atoms with E-state index in [0.29, 0.717) is 21.7 Å². The van der Waals surface area contributed by atoms with E-state index in [-0.39, 0.29) is 4.90 Å². The fraction of sp³-hybridized carbons (Fsp3) is 0.263. The number of aryl methyl sites for hydroxylation is 1. The van der Waals surface area contributed by atoms with Crippen molar-refractivity contribution in [2.75, 3.05) is 18.9 Å². The lowest BCUT2D eigenvalue weighted by Gasteiger charge is -2.14. The summed E-state index contributed by atoms with van der Waals surface area (Å²) in [6, 6.07) is 10.1. The summed E-state index contributed by atoms with van der Waals surface area (Å²) in [6.45, 7) is 0.867. The molecule has 152 valence electrons. The number of methoxy groups -OCH3 is 2. The Bertz CT molecular complexity index is 1180. The van der Waals surface area contributed by atoms with Crippen molar-refractivity contribution in [3.8, 4) is 22.9 Å². The van der Waals surface area contributed by atoms with Crippen LogP contribution < -0.4 is 14.2 Å². The number of hydrogen-bond acceptors (Lipinski definition) is 6. The van der Waals surface area contributed by atoms with Gasteiger partial charge in [0.25, 0.3) is 10.0 Å². The number of fused-ring (bicyclic) bond motifs is 1. The van der Waals surface area contributed by atoms with Crippen molar-refractivity contribution in [1.82, 2.24) is 14.8 Å². The Morgan fingerprint density at radius 3 is 2.62 bits per heavy atom. The third kappa shape index (κ3) is 3.69. The maximum atomic E-state index is 13.0. The second-order valence-corrected chi connectivity index (χ2v) is 9.02. The van der Waals surface area contributed by atoms with Crippen LogP contribution >= 0.6 is 15.9 Å². The molecule has 0 amide bonds. The van der Waals surface area contributed by atoms with Crippen LogP contribution in [0.25, 0.3) is 11.4 Å². The third-order valence-electron chi connectivity index (χ3n) is 4.71. The van der Waals surface area contributed by atoms with E-state index in [1.54, 1.807) is 24.3 Å². The number of rotatable bonds is 6. The molecule has 0 bridgehead atoms. The zero-order chi connectivity index (χ0) is 20.6. The first-order valence-corrected chi connectivity index (χ1v) is 11.2. The van der Waals surface area contributed by atoms with Crippen molar-refractivity contribution in [3.05, 3.63) is 46.7 Å². The molecule has 4 rings (SSSR count). The van der Waals surface area contributed by atoms with Gasteiger partial charge in [-0.3, -0.25) is 4.72 Å². The molecule has 0 atom stereocenters. The fourth-order valence-electron chi connectivity index (χ4n) is 3.34. The van der Waals surface area contributed by atoms with Crippen LogP contribution in [0.5, 0.6) is 11.5 Å². The quantitative estimate of drug-likeness (QED) is 0.582. The first kappa shape index (κ1) is 19.7. The molecular weight excluding hydrogens is 460 g/mol. The Balaban J connectivity index is 1.67. The van der Waals surface area contributed by atoms with Gasteiger partial charge in [-0.2, -0.15) is 0 Å². The predicted octanol–water partition coefficient (Wildman–Crippen LogP) is 3.47. The summed E-state index contributed by atoms with van der Waals surface area (Å²) >= 11 is 3.30. The van der Waals surface area contributed by atoms with E-state index in [4.69, 9.17) is 9.47 Å². The molecule has 0 fully saturated rings. The summed E-state index contributed by atoms with van der Waals surface area (Å²) < 4.78 is 41.5. The van der Waals surface area contributed by atoms with Gasteiger partial charge in [0.05, 0.1) is 14.2 Å². The van der Waals surface area contributed by atoms with Gasteiger partial charge in [-0.25, -0.2) is 8.42 Å². The van der Waals surface area contributed by atoms with E-state index < -0.39 is 10.0 Å². The van der Waals surface area contributed by atoms with Crippen molar-refractivity contribution in [1.29, 1.82) is 0 Å². The summed E-state index contributed by atoms with van der Waals surface area (Å²) in [5.74, 6) is 2.45. The zero-order valence-corrected chi connectivity index (χ0v) is 18.2. The van der Waals surface area contributed by atoms with Crippen LogP contribution in [0.2, 0.25) is 0 Å². The Hall–Kier alpha value is -2.59. The number of benzene rings is 2. The maximum absolute atomic E-state index is 13.0. The predicted molar refractivity (Wildman–Crippen MR) is 112 cm³/mol. The molecule has 1 aliphatic rings. The minimum Gasteiger partial charge on any atom is -0.493 e. The standard InChI is InChI=1S/C19H19BrN4O4S/c1-27-15-10-14(20)17(11-16(15)28-2)29(25,26)23-13-6-3-5-12(9-13)19-22-21-18-7-4-8-24(18)19/h3,5-6,9-11,23H,4,7-8H2,1-2H3. The first-order valence-electron chi connectivity index (χ1n) is 8.90. The van der Waals surface area contributed by atoms with Gasteiger partial charge < -0.3 is 14.0 Å². The number of nitrogens with one attached hydrogen (secondary N) is 1. The molecule has 1 N–H and O–H groups in total. The van der Waals surface area contributed by atoms with Gasteiger partial charge in [-0.1, -0.05) is 12.1 Å². The second kappa shape index (κ2) is 7.68. The summed E-state index contributed by atoms with van der Waals surface area (Å²) in [5, 5.41) is 8.47. The summed E-state index contributed by atoms with van der Waals surface area (Å²) in [7, 11) is -0.930. The molecule has 29 heavy (non-hydrogen) atoms. The van der Waals surface area contributed by atoms with E-state index in [1.807, 2.05) is 6.07 Å². The molecule has 2 aromatic carbocycles. The van der Waals surface area contributed by atoms with Crippen LogP contribution in [0.3, 0.4) is 0 Å². The van der Waals surface area contributed by atoms with Gasteiger partial charge in [0.2, 0.25) is 0 Å². The second-order valence-electron chi connectivity index (χ2n) is 6.52. The average Bonchev–Trinajstić information content (AvgIpc) is 3.31. The molecule has 3 aromatic rings. The molecule has 0 spiro atoms. The van der Waals surface area contributed by atoms with Crippen LogP contribution in [-0.2, 0) is 23.0 Å². The molecule has 0 radical (unpaired) electrons. The monoisotopic (exact) mass is 478 g/mol. The summed E-state index contributed by atoms with van der Waals surface area (Å²) in [4.78, 5) is 0.0453. The minimum absolute atomic E-state index is 0.0453. The topological polar surface area (TPSA) is 95.3 Å². The van der Waals surface area contributed by atoms with Crippen LogP contribution in [0.15, 0.2) is 45.8 Å². The Kier molecular flexibility index (Phi) is 5.22. The van der Waals surface area contributed by atoms with Crippen LogP contribution in [0, 0.1) is 0 Å². The lowest BCUT2D eigenvalue weighted by atomic mass is 10.2. The van der Waals surface area contributed by atoms with Crippen molar-refractivity contribution < 1.29 is 17.9 Å². The van der Waals surface area contributed by atoms with E-state index >= 15 is 0 Å². The Labute approximate surface area is 177 Å². The van der Waals surface area contributed by atoms with Crippen molar-refractivity contribution in [3.63, 3.8) is 0 Å². The molecule has 1 aliphatic heterocycles. The number of sulfonamides is 1. The molecule has 8 nitrogen and oxygen atoms in total. The van der Waals surface area contributed by atoms with Crippen LogP contribution in [0.4, 0.5) is 5.69 Å². The minimum atomic E-state index is -3.87. The van der Waals surface area contributed by atoms with Gasteiger partial charge in [-0.15, -0.1) is 10.2 Å². The van der Waals surface area contributed by atoms with Crippen molar-refractivity contribution >= 4 is 31.6 Å². The fourth-order valence-corrected chi connectivity index (χ4v) is 5.42. The molecule has 0 aliphatic carbocycles. The highest BCUT2D eigenvalue weighted by atomic mass is 79.9. The number of aromatic nitrogens is 3. The smallest absolute Gasteiger partial charge is 0.263 e. The number of anilines is 1. The zero-order valence-electron chi connectivity index (χ0n) is 15.8. The average molecular weight is 479 g/mol. The first-order chi connectivity index (χ1) is 13.9. The summed E-state index contributed by atoms with van der Waals surface area (Å²) in [6.07, 6.45) is 1.95. The van der Waals surface area contributed by atoms with Crippen LogP contribution in [0.1, 0.15) is 12.2 Å². The molecular formula is C19H19BrN4O4S. The molecule has 10 heteroatoms. The Morgan fingerprint density at radius 2 is 1.86 bits per heavy atom. The number of ether oxygens (including phenoxy) is 2. The molecule has 0 saturated carbocycles. The third-order valence-corrected chi connectivity index (χ3v) is 7.05. The van der Waals surface area contributed by atoms with Gasteiger partial charge in [0, 0.05) is 34.8 Å². The van der Waals surface area contributed by atoms with E-state index in [1.165, 1.54) is 20.3 Å². The van der Waals surface area contributed by atoms with E-state index in [9.17, 15) is 8.42 Å². The molecule has 0 unspecified atom stereocenters. The number of nitrogens with zero attached hydrogens (tertiary/aromatic N) is 3.